The van der Waals surface area contributed by atoms with Gasteiger partial charge in [0, 0.05) is 0 Å². The molecular weight excluding hydrogens is 444 g/mol. The van der Waals surface area contributed by atoms with E-state index in [1.807, 2.05) is 0 Å². The summed E-state index contributed by atoms with van der Waals surface area (Å²) >= 11 is 0. The molecule has 0 rings (SSSR count). The van der Waals surface area contributed by atoms with Gasteiger partial charge in [-0.2, -0.15) is 0 Å². The van der Waals surface area contributed by atoms with E-state index in [0.717, 1.165) is 0 Å². The molecule has 0 radical (unpaired) electrons. The Morgan fingerprint density at radius 1 is 0.781 bits per heavy atom. The Balaban J connectivity index is -0.000000172. The van der Waals surface area contributed by atoms with Gasteiger partial charge in [0.25, 0.3) is 0 Å². The van der Waals surface area contributed by atoms with Crippen LogP contribution in [-0.2, 0) is 14.4 Å². The van der Waals surface area contributed by atoms with Gasteiger partial charge in [-0.1, -0.05) is 0 Å². The summed E-state index contributed by atoms with van der Waals surface area (Å²) in [7, 11) is 0. The van der Waals surface area contributed by atoms with Crippen LogP contribution >= 0.6 is 0 Å². The molecule has 0 aliphatic rings. The minimum absolute atomic E-state index is 0.0258. The SMILES string of the molecule is CC(N)C(=O)O.CC(O)C(N)C(=O)O.O=C[C@H](O)[C@@H](O)[C@H](O)[C@H](O)CO.OCC(O)CO. The van der Waals surface area contributed by atoms with E-state index in [1.54, 1.807) is 0 Å². The Morgan fingerprint density at radius 2 is 1.16 bits per heavy atom. The topological polar surface area (TPSA) is 326 Å². The van der Waals surface area contributed by atoms with Crippen molar-refractivity contribution in [2.45, 2.75) is 62.6 Å². The average molecular weight is 480 g/mol. The van der Waals surface area contributed by atoms with Crippen LogP contribution in [0.4, 0.5) is 0 Å². The van der Waals surface area contributed by atoms with E-state index < -0.39 is 67.3 Å². The average Bonchev–Trinajstić information content (AvgIpc) is 2.76. The van der Waals surface area contributed by atoms with Crippen molar-refractivity contribution >= 4 is 18.2 Å². The maximum atomic E-state index is 9.90. The second-order valence-corrected chi connectivity index (χ2v) is 6.11. The van der Waals surface area contributed by atoms with Crippen LogP contribution in [0.15, 0.2) is 0 Å². The molecule has 3 unspecified atom stereocenters. The molecule has 32 heavy (non-hydrogen) atoms. The molecule has 16 heteroatoms. The zero-order chi connectivity index (χ0) is 26.6. The lowest BCUT2D eigenvalue weighted by Crippen LogP contribution is -2.46. The number of nitrogens with two attached hydrogens (primary N) is 2. The van der Waals surface area contributed by atoms with Crippen molar-refractivity contribution in [2.24, 2.45) is 11.5 Å². The van der Waals surface area contributed by atoms with Crippen LogP contribution in [-0.4, -0.2) is 143 Å². The monoisotopic (exact) mass is 480 g/mol. The van der Waals surface area contributed by atoms with Crippen LogP contribution in [0.1, 0.15) is 13.8 Å². The number of carbonyl (C=O) groups is 3. The summed E-state index contributed by atoms with van der Waals surface area (Å²) in [6.45, 7) is 1.26. The van der Waals surface area contributed by atoms with Gasteiger partial charge in [-0.25, -0.2) is 0 Å². The molecule has 0 aliphatic carbocycles. The predicted octanol–water partition coefficient (Wildman–Crippen LogP) is -6.85. The fourth-order valence-corrected chi connectivity index (χ4v) is 0.882. The van der Waals surface area contributed by atoms with Crippen LogP contribution in [0, 0.1) is 0 Å². The quantitative estimate of drug-likeness (QED) is 0.129. The number of aliphatic hydroxyl groups is 9. The second-order valence-electron chi connectivity index (χ2n) is 6.11. The number of carboxylic acids is 2. The standard InChI is InChI=1S/C6H12O6.C4H9NO3.C3H7NO2.C3H8O3/c7-1-3(9)5(11)6(12)4(10)2-8;1-2(6)3(5)4(7)8;1-2(4)3(5)6;4-1-3(6)2-5/h1,3-6,8-12H,2H2;2-3,6H,5H2,1H3,(H,7,8);2H,4H2,1H3,(H,5,6);3-6H,1-2H2/t3-,4+,5+,6+;;;/m0.../s1. The van der Waals surface area contributed by atoms with Crippen LogP contribution in [0.25, 0.3) is 0 Å². The van der Waals surface area contributed by atoms with Gasteiger partial charge in [0.05, 0.1) is 25.9 Å². The molecule has 0 bridgehead atoms. The van der Waals surface area contributed by atoms with Gasteiger partial charge in [0.15, 0.2) is 6.29 Å². The molecule has 194 valence electrons. The Bertz CT molecular complexity index is 476. The molecule has 0 fully saturated rings. The number of carbonyl (C=O) groups excluding carboxylic acids is 1. The highest BCUT2D eigenvalue weighted by Gasteiger charge is 2.29. The maximum absolute atomic E-state index is 9.90. The third-order valence-corrected chi connectivity index (χ3v) is 3.04. The molecule has 7 atom stereocenters. The minimum atomic E-state index is -1.79. The van der Waals surface area contributed by atoms with Crippen LogP contribution < -0.4 is 11.5 Å². The summed E-state index contributed by atoms with van der Waals surface area (Å²) in [4.78, 5) is 29.3. The Kier molecular flexibility index (Phi) is 26.2. The molecule has 0 aliphatic heterocycles. The van der Waals surface area contributed by atoms with Gasteiger partial charge in [-0.3, -0.25) is 9.59 Å². The highest BCUT2D eigenvalue weighted by Crippen LogP contribution is 2.02. The number of aliphatic hydroxyl groups excluding tert-OH is 9. The van der Waals surface area contributed by atoms with Crippen molar-refractivity contribution in [2.75, 3.05) is 19.8 Å². The molecule has 0 heterocycles. The summed E-state index contributed by atoms with van der Waals surface area (Å²) in [5.41, 5.74) is 9.75. The highest BCUT2D eigenvalue weighted by atomic mass is 16.4. The first-order valence-electron chi connectivity index (χ1n) is 8.88. The Labute approximate surface area is 183 Å². The van der Waals surface area contributed by atoms with Crippen molar-refractivity contribution in [3.63, 3.8) is 0 Å². The van der Waals surface area contributed by atoms with Crippen molar-refractivity contribution in [1.29, 1.82) is 0 Å². The maximum Gasteiger partial charge on any atom is 0.323 e. The smallest absolute Gasteiger partial charge is 0.323 e. The van der Waals surface area contributed by atoms with Crippen molar-refractivity contribution in [1.82, 2.24) is 0 Å². The predicted molar refractivity (Wildman–Crippen MR) is 106 cm³/mol. The molecule has 0 aromatic rings. The van der Waals surface area contributed by atoms with E-state index in [0.29, 0.717) is 0 Å². The van der Waals surface area contributed by atoms with E-state index >= 15 is 0 Å². The molecule has 16 nitrogen and oxygen atoms in total. The molecular formula is C16H36N2O14. The first-order valence-corrected chi connectivity index (χ1v) is 8.88. The number of carboxylic acid groups (broad SMARTS) is 2. The van der Waals surface area contributed by atoms with Crippen molar-refractivity contribution in [3.8, 4) is 0 Å². The third-order valence-electron chi connectivity index (χ3n) is 3.04. The Hall–Kier alpha value is -1.83. The normalized spacial score (nSPS) is 16.7. The second kappa shape index (κ2) is 22.4. The zero-order valence-electron chi connectivity index (χ0n) is 17.6. The van der Waals surface area contributed by atoms with Gasteiger partial charge < -0.3 is 72.4 Å². The lowest BCUT2D eigenvalue weighted by molar-refractivity contribution is -0.141. The minimum Gasteiger partial charge on any atom is -0.480 e. The number of hydrogen-bond donors (Lipinski definition) is 13. The largest absolute Gasteiger partial charge is 0.480 e. The van der Waals surface area contributed by atoms with E-state index in [2.05, 4.69) is 0 Å². The van der Waals surface area contributed by atoms with E-state index in [1.165, 1.54) is 13.8 Å². The lowest BCUT2D eigenvalue weighted by atomic mass is 10.0. The first kappa shape index (κ1) is 37.5. The molecule has 0 saturated heterocycles. The number of aldehydes is 1. The van der Waals surface area contributed by atoms with E-state index in [9.17, 15) is 14.4 Å². The van der Waals surface area contributed by atoms with Crippen molar-refractivity contribution < 1.29 is 70.6 Å². The van der Waals surface area contributed by atoms with Crippen molar-refractivity contribution in [3.05, 3.63) is 0 Å². The molecule has 0 aromatic carbocycles. The number of rotatable bonds is 10. The summed E-state index contributed by atoms with van der Waals surface area (Å²) in [6, 6.07) is -1.89. The molecule has 0 amide bonds. The lowest BCUT2D eigenvalue weighted by Gasteiger charge is -2.22. The van der Waals surface area contributed by atoms with E-state index in [4.69, 9.17) is 67.6 Å². The fraction of sp³-hybridized carbons (Fsp3) is 0.812. The van der Waals surface area contributed by atoms with Gasteiger partial charge in [0.1, 0.15) is 42.6 Å². The van der Waals surface area contributed by atoms with Crippen LogP contribution in [0.2, 0.25) is 0 Å². The molecule has 0 aromatic heterocycles. The third kappa shape index (κ3) is 22.8. The summed E-state index contributed by atoms with van der Waals surface area (Å²) in [6.07, 6.45) is -8.77. The van der Waals surface area contributed by atoms with Crippen LogP contribution in [0.3, 0.4) is 0 Å². The molecule has 0 saturated carbocycles. The highest BCUT2D eigenvalue weighted by molar-refractivity contribution is 5.73. The summed E-state index contributed by atoms with van der Waals surface area (Å²) < 4.78 is 0. The molecule has 0 spiro atoms. The zero-order valence-corrected chi connectivity index (χ0v) is 17.6. The van der Waals surface area contributed by atoms with Crippen LogP contribution in [0.5, 0.6) is 0 Å². The van der Waals surface area contributed by atoms with Gasteiger partial charge >= 0.3 is 11.9 Å². The first-order chi connectivity index (χ1) is 14.5. The summed E-state index contributed by atoms with van der Waals surface area (Å²) in [5.74, 6) is -2.14. The number of hydrogen-bond acceptors (Lipinski definition) is 14. The number of aliphatic carboxylic acids is 2. The van der Waals surface area contributed by atoms with Gasteiger partial charge in [0.2, 0.25) is 0 Å². The fourth-order valence-electron chi connectivity index (χ4n) is 0.882. The van der Waals surface area contributed by atoms with Gasteiger partial charge in [-0.15, -0.1) is 0 Å². The Morgan fingerprint density at radius 3 is 1.28 bits per heavy atom. The van der Waals surface area contributed by atoms with E-state index in [-0.39, 0.29) is 19.5 Å². The summed E-state index contributed by atoms with van der Waals surface area (Å²) in [5, 5.41) is 92.0. The molecule has 15 N–H and O–H groups in total. The van der Waals surface area contributed by atoms with Gasteiger partial charge in [-0.05, 0) is 13.8 Å².